The van der Waals surface area contributed by atoms with Crippen LogP contribution in [0, 0.1) is 0 Å². The Balaban J connectivity index is 1.55. The van der Waals surface area contributed by atoms with E-state index >= 15 is 0 Å². The number of para-hydroxylation sites is 1. The van der Waals surface area contributed by atoms with E-state index in [4.69, 9.17) is 0 Å². The third-order valence-electron chi connectivity index (χ3n) is 4.87. The van der Waals surface area contributed by atoms with Crippen LogP contribution in [0.3, 0.4) is 0 Å². The van der Waals surface area contributed by atoms with Crippen LogP contribution in [-0.2, 0) is 11.3 Å². The summed E-state index contributed by atoms with van der Waals surface area (Å²) in [4.78, 5) is 26.8. The monoisotopic (exact) mass is 379 g/mol. The van der Waals surface area contributed by atoms with E-state index in [1.165, 1.54) is 11.1 Å². The van der Waals surface area contributed by atoms with Crippen molar-refractivity contribution in [3.63, 3.8) is 0 Å². The maximum atomic E-state index is 12.5. The first-order chi connectivity index (χ1) is 13.4. The van der Waals surface area contributed by atoms with Crippen LogP contribution in [0.1, 0.15) is 54.1 Å². The highest BCUT2D eigenvalue weighted by molar-refractivity contribution is 6.04. The quantitative estimate of drug-likeness (QED) is 0.734. The van der Waals surface area contributed by atoms with E-state index in [2.05, 4.69) is 48.7 Å². The highest BCUT2D eigenvalue weighted by atomic mass is 16.2. The summed E-state index contributed by atoms with van der Waals surface area (Å²) in [6.45, 7) is 5.29. The number of nitrogens with zero attached hydrogens (tertiary/aromatic N) is 1. The van der Waals surface area contributed by atoms with Gasteiger partial charge < -0.3 is 10.6 Å². The molecule has 1 aliphatic carbocycles. The van der Waals surface area contributed by atoms with Crippen LogP contribution in [0.25, 0.3) is 0 Å². The molecule has 5 nitrogen and oxygen atoms in total. The molecule has 1 saturated carbocycles. The third-order valence-corrected chi connectivity index (χ3v) is 4.87. The molecule has 0 spiro atoms. The number of hydrogen-bond donors (Lipinski definition) is 2. The minimum absolute atomic E-state index is 0.128. The van der Waals surface area contributed by atoms with Gasteiger partial charge in [-0.3, -0.25) is 14.5 Å². The van der Waals surface area contributed by atoms with Crippen molar-refractivity contribution in [1.82, 2.24) is 10.2 Å². The Morgan fingerprint density at radius 3 is 2.39 bits per heavy atom. The van der Waals surface area contributed by atoms with Crippen molar-refractivity contribution in [2.24, 2.45) is 0 Å². The Bertz CT molecular complexity index is 826. The number of hydrogen-bond acceptors (Lipinski definition) is 3. The normalized spacial score (nSPS) is 13.6. The Morgan fingerprint density at radius 2 is 1.75 bits per heavy atom. The first kappa shape index (κ1) is 20.1. The largest absolute Gasteiger partial charge is 0.349 e. The molecule has 0 radical (unpaired) electrons. The molecule has 0 atom stereocenters. The summed E-state index contributed by atoms with van der Waals surface area (Å²) in [6.07, 6.45) is 2.06. The van der Waals surface area contributed by atoms with Crippen LogP contribution in [0.15, 0.2) is 48.5 Å². The predicted molar refractivity (Wildman–Crippen MR) is 112 cm³/mol. The topological polar surface area (TPSA) is 61.4 Å². The Labute approximate surface area is 167 Å². The maximum Gasteiger partial charge on any atom is 0.253 e. The fourth-order valence-electron chi connectivity index (χ4n) is 3.09. The van der Waals surface area contributed by atoms with Crippen molar-refractivity contribution >= 4 is 17.5 Å². The van der Waals surface area contributed by atoms with Crippen LogP contribution in [0.4, 0.5) is 5.69 Å². The fourth-order valence-corrected chi connectivity index (χ4v) is 3.09. The van der Waals surface area contributed by atoms with Gasteiger partial charge >= 0.3 is 0 Å². The highest BCUT2D eigenvalue weighted by Gasteiger charge is 2.25. The van der Waals surface area contributed by atoms with Gasteiger partial charge in [-0.1, -0.05) is 50.2 Å². The van der Waals surface area contributed by atoms with E-state index in [9.17, 15) is 9.59 Å². The number of anilines is 1. The van der Waals surface area contributed by atoms with Crippen molar-refractivity contribution in [2.45, 2.75) is 45.2 Å². The molecule has 2 aromatic rings. The van der Waals surface area contributed by atoms with Gasteiger partial charge in [0.1, 0.15) is 0 Å². The molecule has 1 fully saturated rings. The molecule has 0 heterocycles. The fraction of sp³-hybridized carbons (Fsp3) is 0.391. The number of carbonyl (C=O) groups excluding carboxylic acids is 2. The van der Waals surface area contributed by atoms with Crippen LogP contribution in [-0.4, -0.2) is 36.3 Å². The summed E-state index contributed by atoms with van der Waals surface area (Å²) in [6, 6.07) is 15.9. The van der Waals surface area contributed by atoms with Crippen LogP contribution in [0.2, 0.25) is 0 Å². The summed E-state index contributed by atoms with van der Waals surface area (Å²) in [7, 11) is 1.92. The Kier molecular flexibility index (Phi) is 6.47. The van der Waals surface area contributed by atoms with Gasteiger partial charge in [-0.2, -0.15) is 0 Å². The molecule has 0 aliphatic heterocycles. The second-order valence-corrected chi connectivity index (χ2v) is 7.91. The molecule has 148 valence electrons. The van der Waals surface area contributed by atoms with Crippen molar-refractivity contribution in [1.29, 1.82) is 0 Å². The van der Waals surface area contributed by atoms with Crippen molar-refractivity contribution < 1.29 is 9.59 Å². The second-order valence-electron chi connectivity index (χ2n) is 7.91. The van der Waals surface area contributed by atoms with Gasteiger partial charge in [0.25, 0.3) is 5.91 Å². The zero-order valence-corrected chi connectivity index (χ0v) is 16.9. The van der Waals surface area contributed by atoms with Gasteiger partial charge in [0.05, 0.1) is 17.8 Å². The van der Waals surface area contributed by atoms with Gasteiger partial charge in [0, 0.05) is 12.6 Å². The molecule has 2 N–H and O–H groups in total. The van der Waals surface area contributed by atoms with Crippen LogP contribution < -0.4 is 10.6 Å². The summed E-state index contributed by atoms with van der Waals surface area (Å²) < 4.78 is 0. The molecule has 1 aliphatic rings. The lowest BCUT2D eigenvalue weighted by Crippen LogP contribution is -2.31. The highest BCUT2D eigenvalue weighted by Crippen LogP contribution is 2.21. The van der Waals surface area contributed by atoms with Crippen molar-refractivity contribution in [3.05, 3.63) is 65.2 Å². The SMILES string of the molecule is CC(C)c1ccc(CN(C)CC(=O)Nc2ccccc2C(=O)NC2CC2)cc1. The van der Waals surface area contributed by atoms with Crippen LogP contribution in [0.5, 0.6) is 0 Å². The molecule has 2 aromatic carbocycles. The van der Waals surface area contributed by atoms with Gasteiger partial charge in [0.15, 0.2) is 0 Å². The molecule has 2 amide bonds. The van der Waals surface area contributed by atoms with Gasteiger partial charge in [-0.25, -0.2) is 0 Å². The second kappa shape index (κ2) is 9.02. The Hall–Kier alpha value is -2.66. The molecular formula is C23H29N3O2. The van der Waals surface area contributed by atoms with Crippen molar-refractivity contribution in [3.8, 4) is 0 Å². The number of benzene rings is 2. The number of likely N-dealkylation sites (N-methyl/N-ethyl adjacent to an activating group) is 1. The number of nitrogens with one attached hydrogen (secondary N) is 2. The summed E-state index contributed by atoms with van der Waals surface area (Å²) in [5.41, 5.74) is 3.55. The molecule has 0 aromatic heterocycles. The molecule has 3 rings (SSSR count). The number of carbonyl (C=O) groups is 2. The average Bonchev–Trinajstić information content (AvgIpc) is 3.46. The lowest BCUT2D eigenvalue weighted by molar-refractivity contribution is -0.117. The summed E-state index contributed by atoms with van der Waals surface area (Å²) >= 11 is 0. The van der Waals surface area contributed by atoms with E-state index in [0.29, 0.717) is 23.7 Å². The molecular weight excluding hydrogens is 350 g/mol. The minimum Gasteiger partial charge on any atom is -0.349 e. The van der Waals surface area contributed by atoms with E-state index in [0.717, 1.165) is 12.8 Å². The first-order valence-corrected chi connectivity index (χ1v) is 9.89. The third kappa shape index (κ3) is 5.67. The summed E-state index contributed by atoms with van der Waals surface area (Å²) in [5, 5.41) is 5.85. The predicted octanol–water partition coefficient (Wildman–Crippen LogP) is 3.77. The number of rotatable bonds is 8. The Morgan fingerprint density at radius 1 is 1.07 bits per heavy atom. The zero-order valence-electron chi connectivity index (χ0n) is 16.9. The van der Waals surface area contributed by atoms with E-state index in [1.807, 2.05) is 24.1 Å². The number of amides is 2. The zero-order chi connectivity index (χ0) is 20.1. The van der Waals surface area contributed by atoms with E-state index in [-0.39, 0.29) is 24.4 Å². The smallest absolute Gasteiger partial charge is 0.253 e. The molecule has 28 heavy (non-hydrogen) atoms. The van der Waals surface area contributed by atoms with Crippen molar-refractivity contribution in [2.75, 3.05) is 18.9 Å². The maximum absolute atomic E-state index is 12.5. The minimum atomic E-state index is -0.132. The lowest BCUT2D eigenvalue weighted by atomic mass is 10.0. The average molecular weight is 380 g/mol. The lowest BCUT2D eigenvalue weighted by Gasteiger charge is -2.18. The van der Waals surface area contributed by atoms with Crippen LogP contribution >= 0.6 is 0 Å². The first-order valence-electron chi connectivity index (χ1n) is 9.89. The van der Waals surface area contributed by atoms with E-state index in [1.54, 1.807) is 12.1 Å². The standard InChI is InChI=1S/C23H29N3O2/c1-16(2)18-10-8-17(9-11-18)14-26(3)15-22(27)25-21-7-5-4-6-20(21)23(28)24-19-12-13-19/h4-11,16,19H,12-15H2,1-3H3,(H,24,28)(H,25,27). The molecule has 0 unspecified atom stereocenters. The molecule has 0 saturated heterocycles. The molecule has 5 heteroatoms. The van der Waals surface area contributed by atoms with Gasteiger partial charge in [0.2, 0.25) is 5.91 Å². The molecule has 0 bridgehead atoms. The van der Waals surface area contributed by atoms with E-state index < -0.39 is 0 Å². The van der Waals surface area contributed by atoms with Gasteiger partial charge in [-0.15, -0.1) is 0 Å². The van der Waals surface area contributed by atoms with Gasteiger partial charge in [-0.05, 0) is 49.1 Å². The summed E-state index contributed by atoms with van der Waals surface area (Å²) in [5.74, 6) is 0.250.